The molecule has 6 rings (SSSR count). The molecule has 39 heavy (non-hydrogen) atoms. The van der Waals surface area contributed by atoms with Gasteiger partial charge in [0.15, 0.2) is 11.4 Å². The highest BCUT2D eigenvalue weighted by molar-refractivity contribution is 6.03. The van der Waals surface area contributed by atoms with Gasteiger partial charge in [-0.1, -0.05) is 11.2 Å². The SMILES string of the molecule is COc1cc(/C=C2\CCCN3C2=NOC2(CCCOC2)[C@@H]3c2cc(F)c(C)c(F)c2)ccc1-n1cnc(C)c1. The lowest BCUT2D eigenvalue weighted by Gasteiger charge is -2.51. The Kier molecular flexibility index (Phi) is 6.62. The summed E-state index contributed by atoms with van der Waals surface area (Å²) in [5, 5.41) is 4.62. The molecule has 3 aliphatic heterocycles. The van der Waals surface area contributed by atoms with E-state index in [1.54, 1.807) is 13.4 Å². The van der Waals surface area contributed by atoms with Gasteiger partial charge >= 0.3 is 0 Å². The predicted octanol–water partition coefficient (Wildman–Crippen LogP) is 5.89. The topological polar surface area (TPSA) is 61.1 Å². The lowest BCUT2D eigenvalue weighted by Crippen LogP contribution is -2.58. The molecule has 4 heterocycles. The number of fused-ring (bicyclic) bond motifs is 1. The van der Waals surface area contributed by atoms with Crippen LogP contribution in [0.25, 0.3) is 11.8 Å². The molecular formula is C30H32F2N4O3. The average Bonchev–Trinajstić information content (AvgIpc) is 3.37. The predicted molar refractivity (Wildman–Crippen MR) is 144 cm³/mol. The van der Waals surface area contributed by atoms with Gasteiger partial charge in [-0.25, -0.2) is 13.8 Å². The maximum Gasteiger partial charge on any atom is 0.185 e. The van der Waals surface area contributed by atoms with Crippen LogP contribution in [0.2, 0.25) is 0 Å². The Morgan fingerprint density at radius 1 is 1.13 bits per heavy atom. The first-order valence-corrected chi connectivity index (χ1v) is 13.3. The summed E-state index contributed by atoms with van der Waals surface area (Å²) in [6, 6.07) is 8.46. The maximum absolute atomic E-state index is 14.8. The summed E-state index contributed by atoms with van der Waals surface area (Å²) in [6.45, 7) is 5.04. The zero-order valence-corrected chi connectivity index (χ0v) is 22.4. The molecule has 204 valence electrons. The van der Waals surface area contributed by atoms with Crippen LogP contribution in [-0.2, 0) is 9.57 Å². The third-order valence-corrected chi connectivity index (χ3v) is 7.92. The normalized spacial score (nSPS) is 23.9. The van der Waals surface area contributed by atoms with Gasteiger partial charge in [0.2, 0.25) is 0 Å². The Hall–Kier alpha value is -3.72. The number of ether oxygens (including phenoxy) is 2. The first kappa shape index (κ1) is 25.6. The first-order chi connectivity index (χ1) is 18.9. The second-order valence-corrected chi connectivity index (χ2v) is 10.6. The van der Waals surface area contributed by atoms with Gasteiger partial charge in [0.25, 0.3) is 0 Å². The van der Waals surface area contributed by atoms with Crippen LogP contribution in [0.15, 0.2) is 53.6 Å². The molecule has 1 unspecified atom stereocenters. The highest BCUT2D eigenvalue weighted by Gasteiger charge is 2.52. The molecule has 0 radical (unpaired) electrons. The fourth-order valence-electron chi connectivity index (χ4n) is 5.95. The van der Waals surface area contributed by atoms with E-state index in [1.807, 2.05) is 35.9 Å². The van der Waals surface area contributed by atoms with Crippen LogP contribution in [0.1, 0.15) is 54.1 Å². The second kappa shape index (κ2) is 10.1. The molecule has 1 spiro atoms. The zero-order valence-electron chi connectivity index (χ0n) is 22.4. The standard InChI is InChI=1S/C30H32F2N4O3/c1-19-16-35(18-33-19)26-8-7-21(13-27(26)37-3)12-22-6-4-10-36-28(23-14-24(31)20(2)25(32)15-23)30(39-34-29(22)36)9-5-11-38-17-30/h7-8,12-16,18,28H,4-6,9-11,17H2,1-3H3/b22-12+/t28-,30?/m0/s1. The summed E-state index contributed by atoms with van der Waals surface area (Å²) >= 11 is 0. The number of halogens is 2. The van der Waals surface area contributed by atoms with E-state index in [9.17, 15) is 8.78 Å². The van der Waals surface area contributed by atoms with Crippen LogP contribution >= 0.6 is 0 Å². The molecule has 1 aromatic heterocycles. The Bertz CT molecular complexity index is 1440. The third kappa shape index (κ3) is 4.58. The highest BCUT2D eigenvalue weighted by atomic mass is 19.1. The quantitative estimate of drug-likeness (QED) is 0.418. The van der Waals surface area contributed by atoms with Crippen LogP contribution in [0, 0.1) is 25.5 Å². The number of aryl methyl sites for hydroxylation is 1. The molecule has 0 bridgehead atoms. The fourth-order valence-corrected chi connectivity index (χ4v) is 5.95. The van der Waals surface area contributed by atoms with Crippen molar-refractivity contribution in [3.05, 3.63) is 82.4 Å². The minimum Gasteiger partial charge on any atom is -0.495 e. The van der Waals surface area contributed by atoms with Crippen LogP contribution in [0.3, 0.4) is 0 Å². The number of benzene rings is 2. The molecule has 0 N–H and O–H groups in total. The number of amidine groups is 1. The Morgan fingerprint density at radius 2 is 1.95 bits per heavy atom. The van der Waals surface area contributed by atoms with Crippen molar-refractivity contribution in [1.82, 2.24) is 14.5 Å². The molecule has 0 aliphatic carbocycles. The molecule has 3 aromatic rings. The number of imidazole rings is 1. The van der Waals surface area contributed by atoms with E-state index in [0.717, 1.165) is 47.5 Å². The first-order valence-electron chi connectivity index (χ1n) is 13.3. The average molecular weight is 535 g/mol. The molecule has 2 saturated heterocycles. The van der Waals surface area contributed by atoms with Gasteiger partial charge in [-0.15, -0.1) is 0 Å². The monoisotopic (exact) mass is 534 g/mol. The van der Waals surface area contributed by atoms with Crippen molar-refractivity contribution in [3.8, 4) is 11.4 Å². The molecule has 3 aliphatic rings. The number of hydrogen-bond acceptors (Lipinski definition) is 6. The smallest absolute Gasteiger partial charge is 0.185 e. The van der Waals surface area contributed by atoms with Gasteiger partial charge in [0.05, 0.1) is 31.4 Å². The van der Waals surface area contributed by atoms with E-state index in [2.05, 4.69) is 21.1 Å². The largest absolute Gasteiger partial charge is 0.495 e. The number of nitrogens with zero attached hydrogens (tertiary/aromatic N) is 4. The Labute approximate surface area is 226 Å². The molecule has 0 saturated carbocycles. The van der Waals surface area contributed by atoms with E-state index in [1.165, 1.54) is 19.1 Å². The number of piperidine rings is 1. The van der Waals surface area contributed by atoms with E-state index in [0.29, 0.717) is 37.6 Å². The minimum absolute atomic E-state index is 0.0146. The van der Waals surface area contributed by atoms with Gasteiger partial charge in [0.1, 0.15) is 23.4 Å². The van der Waals surface area contributed by atoms with Crippen molar-refractivity contribution in [3.63, 3.8) is 0 Å². The van der Waals surface area contributed by atoms with Crippen LogP contribution in [-0.4, -0.2) is 52.8 Å². The summed E-state index contributed by atoms with van der Waals surface area (Å²) in [6.07, 6.45) is 8.95. The molecule has 7 nitrogen and oxygen atoms in total. The number of aromatic nitrogens is 2. The number of rotatable bonds is 4. The van der Waals surface area contributed by atoms with Crippen LogP contribution in [0.4, 0.5) is 8.78 Å². The van der Waals surface area contributed by atoms with Crippen molar-refractivity contribution in [1.29, 1.82) is 0 Å². The second-order valence-electron chi connectivity index (χ2n) is 10.6. The maximum atomic E-state index is 14.8. The third-order valence-electron chi connectivity index (χ3n) is 7.92. The van der Waals surface area contributed by atoms with E-state index < -0.39 is 23.3 Å². The van der Waals surface area contributed by atoms with E-state index in [-0.39, 0.29) is 5.56 Å². The summed E-state index contributed by atoms with van der Waals surface area (Å²) in [4.78, 5) is 12.7. The highest BCUT2D eigenvalue weighted by Crippen LogP contribution is 2.46. The minimum atomic E-state index is -0.813. The summed E-state index contributed by atoms with van der Waals surface area (Å²) < 4.78 is 43.0. The zero-order chi connectivity index (χ0) is 27.1. The molecule has 2 aromatic carbocycles. The molecule has 0 amide bonds. The number of methoxy groups -OCH3 is 1. The van der Waals surface area contributed by atoms with E-state index in [4.69, 9.17) is 14.3 Å². The van der Waals surface area contributed by atoms with Crippen molar-refractivity contribution in [2.45, 2.75) is 51.2 Å². The van der Waals surface area contributed by atoms with Crippen LogP contribution in [0.5, 0.6) is 5.75 Å². The summed E-state index contributed by atoms with van der Waals surface area (Å²) in [5.74, 6) is 0.290. The van der Waals surface area contributed by atoms with Crippen molar-refractivity contribution < 1.29 is 23.1 Å². The van der Waals surface area contributed by atoms with Crippen molar-refractivity contribution in [2.75, 3.05) is 26.9 Å². The molecule has 2 atom stereocenters. The van der Waals surface area contributed by atoms with Gasteiger partial charge in [-0.2, -0.15) is 0 Å². The lowest BCUT2D eigenvalue weighted by molar-refractivity contribution is -0.174. The molecule has 2 fully saturated rings. The molecular weight excluding hydrogens is 502 g/mol. The number of hydrogen-bond donors (Lipinski definition) is 0. The fraction of sp³-hybridized carbons (Fsp3) is 0.400. The summed E-state index contributed by atoms with van der Waals surface area (Å²) in [5.41, 5.74) is 3.51. The Morgan fingerprint density at radius 3 is 2.64 bits per heavy atom. The van der Waals surface area contributed by atoms with Gasteiger partial charge in [0, 0.05) is 24.9 Å². The van der Waals surface area contributed by atoms with Gasteiger partial charge in [-0.05, 0) is 86.6 Å². The van der Waals surface area contributed by atoms with E-state index >= 15 is 0 Å². The number of oxime groups is 1. The molecule has 9 heteroatoms. The lowest BCUT2D eigenvalue weighted by atomic mass is 9.80. The van der Waals surface area contributed by atoms with Crippen LogP contribution < -0.4 is 4.74 Å². The van der Waals surface area contributed by atoms with Gasteiger partial charge in [-0.3, -0.25) is 0 Å². The van der Waals surface area contributed by atoms with Crippen molar-refractivity contribution in [2.24, 2.45) is 5.16 Å². The van der Waals surface area contributed by atoms with Gasteiger partial charge < -0.3 is 23.8 Å². The van der Waals surface area contributed by atoms with Crippen molar-refractivity contribution >= 4 is 11.9 Å². The Balaban J connectivity index is 1.39. The summed E-state index contributed by atoms with van der Waals surface area (Å²) in [7, 11) is 1.65.